The Bertz CT molecular complexity index is 1160. The van der Waals surface area contributed by atoms with Crippen molar-refractivity contribution in [1.29, 1.82) is 0 Å². The minimum Gasteiger partial charge on any atom is -0.497 e. The molecule has 0 atom stereocenters. The Kier molecular flexibility index (Phi) is 4.50. The molecule has 0 N–H and O–H groups in total. The van der Waals surface area contributed by atoms with Crippen molar-refractivity contribution in [2.75, 3.05) is 32.2 Å². The monoisotopic (exact) mass is 400 g/mol. The van der Waals surface area contributed by atoms with Gasteiger partial charge in [-0.05, 0) is 36.2 Å². The predicted molar refractivity (Wildman–Crippen MR) is 106 cm³/mol. The van der Waals surface area contributed by atoms with Gasteiger partial charge in [-0.2, -0.15) is 0 Å². The van der Waals surface area contributed by atoms with Crippen LogP contribution >= 0.6 is 0 Å². The number of rotatable bonds is 5. The quantitative estimate of drug-likeness (QED) is 0.655. The van der Waals surface area contributed by atoms with Crippen molar-refractivity contribution in [3.63, 3.8) is 0 Å². The first kappa shape index (κ1) is 18.4. The van der Waals surface area contributed by atoms with Crippen LogP contribution in [0, 0.1) is 0 Å². The zero-order valence-corrected chi connectivity index (χ0v) is 16.6. The molecular weight excluding hydrogens is 380 g/mol. The van der Waals surface area contributed by atoms with Gasteiger partial charge < -0.3 is 14.2 Å². The van der Waals surface area contributed by atoms with Gasteiger partial charge in [0.15, 0.2) is 0 Å². The van der Waals surface area contributed by atoms with Gasteiger partial charge in [-0.15, -0.1) is 0 Å². The molecule has 4 rings (SSSR count). The number of ether oxygens (including phenoxy) is 3. The van der Waals surface area contributed by atoms with Crippen molar-refractivity contribution >= 4 is 26.7 Å². The molecule has 0 radical (unpaired) electrons. The highest BCUT2D eigenvalue weighted by atomic mass is 32.2. The van der Waals surface area contributed by atoms with Crippen LogP contribution in [0.2, 0.25) is 0 Å². The standard InChI is InChI=1S/C20H20N2O5S/c1-25-15-7-8-18(17(12-15)27-3)28(23,24)22-10-9-14-11-13-5-4-6-16(26-2)19(13)21-20(14)22/h4-8,11-12H,9-10H2,1-3H3. The van der Waals surface area contributed by atoms with E-state index in [0.29, 0.717) is 35.8 Å². The van der Waals surface area contributed by atoms with Crippen molar-refractivity contribution in [1.82, 2.24) is 4.98 Å². The number of hydrogen-bond acceptors (Lipinski definition) is 6. The third-order valence-corrected chi connectivity index (χ3v) is 6.67. The minimum atomic E-state index is -3.86. The molecule has 0 bridgehead atoms. The summed E-state index contributed by atoms with van der Waals surface area (Å²) in [6.07, 6.45) is 0.590. The Balaban J connectivity index is 1.85. The van der Waals surface area contributed by atoms with E-state index in [1.54, 1.807) is 19.2 Å². The summed E-state index contributed by atoms with van der Waals surface area (Å²) in [5.41, 5.74) is 1.52. The van der Waals surface area contributed by atoms with E-state index in [0.717, 1.165) is 10.9 Å². The first-order valence-corrected chi connectivity index (χ1v) is 10.1. The van der Waals surface area contributed by atoms with Gasteiger partial charge in [0.1, 0.15) is 33.5 Å². The van der Waals surface area contributed by atoms with Crippen molar-refractivity contribution < 1.29 is 22.6 Å². The first-order valence-electron chi connectivity index (χ1n) is 8.71. The van der Waals surface area contributed by atoms with Crippen LogP contribution in [0.4, 0.5) is 5.82 Å². The van der Waals surface area contributed by atoms with Crippen LogP contribution in [0.3, 0.4) is 0 Å². The van der Waals surface area contributed by atoms with E-state index < -0.39 is 10.0 Å². The Morgan fingerprint density at radius 3 is 2.46 bits per heavy atom. The number of aromatic nitrogens is 1. The predicted octanol–water partition coefficient (Wildman–Crippen LogP) is 3.01. The lowest BCUT2D eigenvalue weighted by Gasteiger charge is -2.21. The van der Waals surface area contributed by atoms with Gasteiger partial charge in [0.2, 0.25) is 0 Å². The van der Waals surface area contributed by atoms with Crippen LogP contribution in [-0.2, 0) is 16.4 Å². The number of hydrogen-bond donors (Lipinski definition) is 0. The van der Waals surface area contributed by atoms with Crippen LogP contribution in [0.5, 0.6) is 17.2 Å². The summed E-state index contributed by atoms with van der Waals surface area (Å²) in [7, 11) is 0.660. The first-order chi connectivity index (χ1) is 13.5. The molecule has 146 valence electrons. The highest BCUT2D eigenvalue weighted by molar-refractivity contribution is 7.93. The number of nitrogens with zero attached hydrogens (tertiary/aromatic N) is 2. The summed E-state index contributed by atoms with van der Waals surface area (Å²) in [6, 6.07) is 12.3. The number of pyridine rings is 1. The second-order valence-corrected chi connectivity index (χ2v) is 8.18. The smallest absolute Gasteiger partial charge is 0.269 e. The maximum atomic E-state index is 13.4. The van der Waals surface area contributed by atoms with Gasteiger partial charge >= 0.3 is 0 Å². The molecule has 1 aromatic heterocycles. The van der Waals surface area contributed by atoms with Crippen LogP contribution < -0.4 is 18.5 Å². The number of para-hydroxylation sites is 1. The lowest BCUT2D eigenvalue weighted by molar-refractivity contribution is 0.386. The minimum absolute atomic E-state index is 0.0746. The average molecular weight is 400 g/mol. The SMILES string of the molecule is COc1ccc(S(=O)(=O)N2CCc3cc4cccc(OC)c4nc32)c(OC)c1. The zero-order chi connectivity index (χ0) is 19.9. The number of anilines is 1. The molecule has 0 saturated carbocycles. The third kappa shape index (κ3) is 2.80. The van der Waals surface area contributed by atoms with Crippen LogP contribution in [0.25, 0.3) is 10.9 Å². The van der Waals surface area contributed by atoms with E-state index in [9.17, 15) is 8.42 Å². The van der Waals surface area contributed by atoms with Gasteiger partial charge in [0.05, 0.1) is 21.3 Å². The topological polar surface area (TPSA) is 78.0 Å². The normalized spacial score (nSPS) is 13.5. The molecule has 0 saturated heterocycles. The summed E-state index contributed by atoms with van der Waals surface area (Å²) >= 11 is 0. The fourth-order valence-electron chi connectivity index (χ4n) is 3.44. The molecule has 0 unspecified atom stereocenters. The molecule has 3 aromatic rings. The van der Waals surface area contributed by atoms with Gasteiger partial charge in [-0.1, -0.05) is 12.1 Å². The van der Waals surface area contributed by atoms with E-state index >= 15 is 0 Å². The fourth-order valence-corrected chi connectivity index (χ4v) is 5.03. The van der Waals surface area contributed by atoms with E-state index in [2.05, 4.69) is 4.98 Å². The summed E-state index contributed by atoms with van der Waals surface area (Å²) in [5, 5.41) is 0.916. The van der Waals surface area contributed by atoms with Gasteiger partial charge in [0, 0.05) is 18.0 Å². The van der Waals surface area contributed by atoms with E-state index in [-0.39, 0.29) is 10.6 Å². The second kappa shape index (κ2) is 6.87. The van der Waals surface area contributed by atoms with E-state index in [1.165, 1.54) is 24.6 Å². The van der Waals surface area contributed by atoms with Crippen molar-refractivity contribution in [3.05, 3.63) is 48.0 Å². The number of fused-ring (bicyclic) bond motifs is 2. The van der Waals surface area contributed by atoms with Crippen molar-refractivity contribution in [2.24, 2.45) is 0 Å². The number of methoxy groups -OCH3 is 3. The third-order valence-electron chi connectivity index (χ3n) is 4.84. The number of sulfonamides is 1. The Labute approximate surface area is 163 Å². The van der Waals surface area contributed by atoms with Crippen LogP contribution in [0.15, 0.2) is 47.4 Å². The van der Waals surface area contributed by atoms with Crippen LogP contribution in [0.1, 0.15) is 5.56 Å². The van der Waals surface area contributed by atoms with Gasteiger partial charge in [0.25, 0.3) is 10.0 Å². The molecule has 0 aliphatic carbocycles. The number of benzene rings is 2. The molecule has 7 nitrogen and oxygen atoms in total. The highest BCUT2D eigenvalue weighted by Gasteiger charge is 2.34. The van der Waals surface area contributed by atoms with Crippen molar-refractivity contribution in [3.8, 4) is 17.2 Å². The molecular formula is C20H20N2O5S. The second-order valence-electron chi connectivity index (χ2n) is 6.35. The Hall–Kier alpha value is -3.00. The zero-order valence-electron chi connectivity index (χ0n) is 15.8. The molecule has 28 heavy (non-hydrogen) atoms. The molecule has 0 amide bonds. The molecule has 1 aliphatic heterocycles. The Morgan fingerprint density at radius 2 is 1.75 bits per heavy atom. The average Bonchev–Trinajstić information content (AvgIpc) is 3.14. The summed E-state index contributed by atoms with van der Waals surface area (Å²) in [6.45, 7) is 0.318. The summed E-state index contributed by atoms with van der Waals surface area (Å²) < 4.78 is 44.0. The Morgan fingerprint density at radius 1 is 0.964 bits per heavy atom. The maximum absolute atomic E-state index is 13.4. The molecule has 8 heteroatoms. The summed E-state index contributed by atoms with van der Waals surface area (Å²) in [5.74, 6) is 1.78. The van der Waals surface area contributed by atoms with Gasteiger partial charge in [-0.25, -0.2) is 17.7 Å². The molecule has 0 fully saturated rings. The van der Waals surface area contributed by atoms with Gasteiger partial charge in [-0.3, -0.25) is 0 Å². The van der Waals surface area contributed by atoms with Crippen LogP contribution in [-0.4, -0.2) is 41.3 Å². The summed E-state index contributed by atoms with van der Waals surface area (Å²) in [4.78, 5) is 4.72. The molecule has 1 aliphatic rings. The van der Waals surface area contributed by atoms with Crippen molar-refractivity contribution in [2.45, 2.75) is 11.3 Å². The molecule has 2 aromatic carbocycles. The highest BCUT2D eigenvalue weighted by Crippen LogP contribution is 2.38. The molecule has 2 heterocycles. The van der Waals surface area contributed by atoms with E-state index in [4.69, 9.17) is 14.2 Å². The van der Waals surface area contributed by atoms with E-state index in [1.807, 2.05) is 24.3 Å². The lowest BCUT2D eigenvalue weighted by Crippen LogP contribution is -2.30. The molecule has 0 spiro atoms. The maximum Gasteiger partial charge on any atom is 0.269 e. The lowest BCUT2D eigenvalue weighted by atomic mass is 10.1. The largest absolute Gasteiger partial charge is 0.497 e. The fraction of sp³-hybridized carbons (Fsp3) is 0.250.